The number of hydrogen-bond donors (Lipinski definition) is 1. The topological polar surface area (TPSA) is 63.8 Å². The van der Waals surface area contributed by atoms with Crippen molar-refractivity contribution in [3.05, 3.63) is 27.8 Å². The van der Waals surface area contributed by atoms with E-state index in [-0.39, 0.29) is 0 Å². The molecule has 0 bridgehead atoms. The maximum atomic E-state index is 5.16. The number of rotatable bonds is 6. The molecule has 5 nitrogen and oxygen atoms in total. The molecule has 0 aliphatic carbocycles. The van der Waals surface area contributed by atoms with Crippen LogP contribution in [0.15, 0.2) is 9.90 Å². The minimum atomic E-state index is 0.648. The van der Waals surface area contributed by atoms with Crippen LogP contribution in [0.5, 0.6) is 0 Å². The van der Waals surface area contributed by atoms with E-state index in [0.29, 0.717) is 18.1 Å². The van der Waals surface area contributed by atoms with Gasteiger partial charge in [0, 0.05) is 18.3 Å². The molecular weight excluding hydrogens is 236 g/mol. The SMILES string of the molecule is CCNCCc1nc(Cc2csc(C)n2)no1. The number of likely N-dealkylation sites (N-methyl/N-ethyl adjacent to an activating group) is 1. The Kier molecular flexibility index (Phi) is 4.22. The summed E-state index contributed by atoms with van der Waals surface area (Å²) in [6.45, 7) is 5.89. The minimum Gasteiger partial charge on any atom is -0.339 e. The summed E-state index contributed by atoms with van der Waals surface area (Å²) in [5.41, 5.74) is 1.01. The Morgan fingerprint density at radius 2 is 2.29 bits per heavy atom. The lowest BCUT2D eigenvalue weighted by Gasteiger charge is -1.95. The average molecular weight is 252 g/mol. The van der Waals surface area contributed by atoms with Crippen molar-refractivity contribution < 1.29 is 4.52 Å². The molecule has 2 heterocycles. The third-order valence-corrected chi connectivity index (χ3v) is 3.10. The summed E-state index contributed by atoms with van der Waals surface area (Å²) >= 11 is 1.64. The Morgan fingerprint density at radius 3 is 3.00 bits per heavy atom. The van der Waals surface area contributed by atoms with Gasteiger partial charge < -0.3 is 9.84 Å². The highest BCUT2D eigenvalue weighted by atomic mass is 32.1. The predicted octanol–water partition coefficient (Wildman–Crippen LogP) is 1.58. The van der Waals surface area contributed by atoms with Gasteiger partial charge in [-0.3, -0.25) is 0 Å². The molecule has 2 rings (SSSR count). The van der Waals surface area contributed by atoms with Gasteiger partial charge in [-0.05, 0) is 13.5 Å². The van der Waals surface area contributed by atoms with Crippen LogP contribution in [-0.2, 0) is 12.8 Å². The third-order valence-electron chi connectivity index (χ3n) is 2.28. The van der Waals surface area contributed by atoms with E-state index < -0.39 is 0 Å². The Bertz CT molecular complexity index is 465. The normalized spacial score (nSPS) is 10.9. The van der Waals surface area contributed by atoms with Gasteiger partial charge >= 0.3 is 0 Å². The van der Waals surface area contributed by atoms with Crippen LogP contribution in [0.4, 0.5) is 0 Å². The molecule has 1 N–H and O–H groups in total. The van der Waals surface area contributed by atoms with Crippen LogP contribution in [-0.4, -0.2) is 28.2 Å². The number of nitrogens with one attached hydrogen (secondary N) is 1. The van der Waals surface area contributed by atoms with Crippen molar-refractivity contribution >= 4 is 11.3 Å². The van der Waals surface area contributed by atoms with E-state index in [2.05, 4.69) is 27.4 Å². The van der Waals surface area contributed by atoms with Gasteiger partial charge in [0.05, 0.1) is 17.1 Å². The van der Waals surface area contributed by atoms with Crippen molar-refractivity contribution in [2.24, 2.45) is 0 Å². The molecule has 0 saturated heterocycles. The smallest absolute Gasteiger partial charge is 0.227 e. The Balaban J connectivity index is 1.89. The van der Waals surface area contributed by atoms with Crippen molar-refractivity contribution in [3.63, 3.8) is 0 Å². The van der Waals surface area contributed by atoms with Crippen molar-refractivity contribution in [3.8, 4) is 0 Å². The van der Waals surface area contributed by atoms with E-state index in [0.717, 1.165) is 30.2 Å². The van der Waals surface area contributed by atoms with Gasteiger partial charge in [0.1, 0.15) is 0 Å². The Labute approximate surface area is 104 Å². The molecule has 17 heavy (non-hydrogen) atoms. The number of aryl methyl sites for hydroxylation is 1. The molecule has 0 aliphatic rings. The number of hydrogen-bond acceptors (Lipinski definition) is 6. The first-order valence-electron chi connectivity index (χ1n) is 5.71. The predicted molar refractivity (Wildman–Crippen MR) is 66.2 cm³/mol. The monoisotopic (exact) mass is 252 g/mol. The fourth-order valence-corrected chi connectivity index (χ4v) is 2.10. The van der Waals surface area contributed by atoms with Crippen LogP contribution in [0, 0.1) is 6.92 Å². The van der Waals surface area contributed by atoms with Gasteiger partial charge in [0.15, 0.2) is 5.82 Å². The van der Waals surface area contributed by atoms with Crippen LogP contribution < -0.4 is 5.32 Å². The minimum absolute atomic E-state index is 0.648. The zero-order valence-electron chi connectivity index (χ0n) is 10.1. The molecule has 0 saturated carbocycles. The molecule has 92 valence electrons. The molecule has 2 aromatic rings. The molecule has 0 spiro atoms. The van der Waals surface area contributed by atoms with Crippen molar-refractivity contribution in [1.29, 1.82) is 0 Å². The van der Waals surface area contributed by atoms with E-state index >= 15 is 0 Å². The average Bonchev–Trinajstić information content (AvgIpc) is 2.90. The first kappa shape index (κ1) is 12.2. The van der Waals surface area contributed by atoms with Crippen molar-refractivity contribution in [1.82, 2.24) is 20.4 Å². The molecule has 6 heteroatoms. The highest BCUT2D eigenvalue weighted by Gasteiger charge is 2.08. The summed E-state index contributed by atoms with van der Waals surface area (Å²) < 4.78 is 5.16. The Hall–Kier alpha value is -1.27. The molecular formula is C11H16N4OS. The standard InChI is InChI=1S/C11H16N4OS/c1-3-12-5-4-11-14-10(15-16-11)6-9-7-17-8(2)13-9/h7,12H,3-6H2,1-2H3. The van der Waals surface area contributed by atoms with E-state index in [9.17, 15) is 0 Å². The quantitative estimate of drug-likeness (QED) is 0.791. The fourth-order valence-electron chi connectivity index (χ4n) is 1.49. The first-order valence-corrected chi connectivity index (χ1v) is 6.59. The van der Waals surface area contributed by atoms with Crippen LogP contribution in [0.2, 0.25) is 0 Å². The van der Waals surface area contributed by atoms with E-state index in [4.69, 9.17) is 4.52 Å². The van der Waals surface area contributed by atoms with Gasteiger partial charge in [-0.1, -0.05) is 12.1 Å². The highest BCUT2D eigenvalue weighted by molar-refractivity contribution is 7.09. The van der Waals surface area contributed by atoms with Crippen LogP contribution >= 0.6 is 11.3 Å². The maximum Gasteiger partial charge on any atom is 0.227 e. The zero-order chi connectivity index (χ0) is 12.1. The molecule has 0 aliphatic heterocycles. The first-order chi connectivity index (χ1) is 8.28. The molecule has 0 unspecified atom stereocenters. The lowest BCUT2D eigenvalue weighted by molar-refractivity contribution is 0.372. The summed E-state index contributed by atoms with van der Waals surface area (Å²) in [4.78, 5) is 8.71. The summed E-state index contributed by atoms with van der Waals surface area (Å²) in [5.74, 6) is 1.40. The third kappa shape index (κ3) is 3.61. The van der Waals surface area contributed by atoms with Gasteiger partial charge in [-0.2, -0.15) is 4.98 Å². The van der Waals surface area contributed by atoms with Gasteiger partial charge in [0.2, 0.25) is 5.89 Å². The molecule has 0 radical (unpaired) electrons. The Morgan fingerprint density at radius 1 is 1.41 bits per heavy atom. The molecule has 0 amide bonds. The maximum absolute atomic E-state index is 5.16. The summed E-state index contributed by atoms with van der Waals surface area (Å²) in [6, 6.07) is 0. The number of aromatic nitrogens is 3. The summed E-state index contributed by atoms with van der Waals surface area (Å²) in [7, 11) is 0. The van der Waals surface area contributed by atoms with Crippen molar-refractivity contribution in [2.75, 3.05) is 13.1 Å². The van der Waals surface area contributed by atoms with E-state index in [1.54, 1.807) is 11.3 Å². The molecule has 0 fully saturated rings. The number of thiazole rings is 1. The van der Waals surface area contributed by atoms with Crippen molar-refractivity contribution in [2.45, 2.75) is 26.7 Å². The summed E-state index contributed by atoms with van der Waals surface area (Å²) in [5, 5.41) is 10.3. The van der Waals surface area contributed by atoms with Crippen LogP contribution in [0.25, 0.3) is 0 Å². The van der Waals surface area contributed by atoms with Gasteiger partial charge in [-0.25, -0.2) is 4.98 Å². The lowest BCUT2D eigenvalue weighted by atomic mass is 10.3. The van der Waals surface area contributed by atoms with Crippen LogP contribution in [0.3, 0.4) is 0 Å². The van der Waals surface area contributed by atoms with E-state index in [1.807, 2.05) is 12.3 Å². The number of nitrogens with zero attached hydrogens (tertiary/aromatic N) is 3. The molecule has 0 atom stereocenters. The largest absolute Gasteiger partial charge is 0.339 e. The lowest BCUT2D eigenvalue weighted by Crippen LogP contribution is -2.16. The molecule has 2 aromatic heterocycles. The zero-order valence-corrected chi connectivity index (χ0v) is 10.9. The second-order valence-electron chi connectivity index (χ2n) is 3.74. The summed E-state index contributed by atoms with van der Waals surface area (Å²) in [6.07, 6.45) is 1.42. The fraction of sp³-hybridized carbons (Fsp3) is 0.545. The second kappa shape index (κ2) is 5.88. The van der Waals surface area contributed by atoms with E-state index in [1.165, 1.54) is 0 Å². The van der Waals surface area contributed by atoms with Gasteiger partial charge in [-0.15, -0.1) is 11.3 Å². The highest BCUT2D eigenvalue weighted by Crippen LogP contribution is 2.11. The second-order valence-corrected chi connectivity index (χ2v) is 4.80. The van der Waals surface area contributed by atoms with Gasteiger partial charge in [0.25, 0.3) is 0 Å². The van der Waals surface area contributed by atoms with Crippen LogP contribution in [0.1, 0.15) is 29.3 Å². The molecule has 0 aromatic carbocycles.